The number of hydrogen-bond acceptors (Lipinski definition) is 5. The number of sulfonamides is 1. The molecule has 3 rings (SSSR count). The number of carbonyl (C=O) groups excluding carboxylic acids is 2. The molecule has 1 aliphatic carbocycles. The molecular weight excluding hydrogens is 380 g/mol. The van der Waals surface area contributed by atoms with E-state index in [1.165, 1.54) is 37.9 Å². The fourth-order valence-electron chi connectivity index (χ4n) is 3.06. The van der Waals surface area contributed by atoms with Gasteiger partial charge in [-0.1, -0.05) is 12.1 Å². The predicted octanol–water partition coefficient (Wildman–Crippen LogP) is 2.22. The summed E-state index contributed by atoms with van der Waals surface area (Å²) < 4.78 is 30.5. The van der Waals surface area contributed by atoms with Crippen molar-refractivity contribution in [2.75, 3.05) is 26.0 Å². The molecule has 0 bridgehead atoms. The van der Waals surface area contributed by atoms with E-state index in [0.29, 0.717) is 11.3 Å². The SMILES string of the molecule is CN(C)S(=O)(=O)c1cccc(NC(=O)COC(=O)c2ccc3c(c2)CCC3)c1. The Kier molecular flexibility index (Phi) is 5.81. The van der Waals surface area contributed by atoms with Gasteiger partial charge in [-0.05, 0) is 60.7 Å². The van der Waals surface area contributed by atoms with Gasteiger partial charge in [-0.15, -0.1) is 0 Å². The molecule has 0 heterocycles. The van der Waals surface area contributed by atoms with Crippen LogP contribution in [0.4, 0.5) is 5.69 Å². The second-order valence-electron chi connectivity index (χ2n) is 6.78. The molecule has 148 valence electrons. The number of nitrogens with zero attached hydrogens (tertiary/aromatic N) is 1. The smallest absolute Gasteiger partial charge is 0.338 e. The largest absolute Gasteiger partial charge is 0.452 e. The van der Waals surface area contributed by atoms with Gasteiger partial charge in [-0.25, -0.2) is 17.5 Å². The maximum absolute atomic E-state index is 12.2. The first-order valence-corrected chi connectivity index (χ1v) is 10.3. The Morgan fingerprint density at radius 3 is 2.57 bits per heavy atom. The minimum Gasteiger partial charge on any atom is -0.452 e. The van der Waals surface area contributed by atoms with E-state index in [9.17, 15) is 18.0 Å². The molecular formula is C20H22N2O5S. The van der Waals surface area contributed by atoms with E-state index < -0.39 is 28.5 Å². The number of rotatable bonds is 6. The van der Waals surface area contributed by atoms with E-state index in [4.69, 9.17) is 4.74 Å². The lowest BCUT2D eigenvalue weighted by Gasteiger charge is -2.13. The van der Waals surface area contributed by atoms with Crippen molar-refractivity contribution in [3.05, 3.63) is 59.2 Å². The molecule has 0 aromatic heterocycles. The third-order valence-corrected chi connectivity index (χ3v) is 6.38. The third-order valence-electron chi connectivity index (χ3n) is 4.56. The number of carbonyl (C=O) groups is 2. The minimum absolute atomic E-state index is 0.0606. The zero-order chi connectivity index (χ0) is 20.3. The number of hydrogen-bond donors (Lipinski definition) is 1. The Morgan fingerprint density at radius 1 is 1.07 bits per heavy atom. The van der Waals surface area contributed by atoms with E-state index in [0.717, 1.165) is 29.1 Å². The summed E-state index contributed by atoms with van der Waals surface area (Å²) in [5.41, 5.74) is 3.13. The van der Waals surface area contributed by atoms with Crippen LogP contribution >= 0.6 is 0 Å². The monoisotopic (exact) mass is 402 g/mol. The van der Waals surface area contributed by atoms with Crippen molar-refractivity contribution in [2.45, 2.75) is 24.2 Å². The standard InChI is InChI=1S/C20H22N2O5S/c1-22(2)28(25,26)18-8-4-7-17(12-18)21-19(23)13-27-20(24)16-10-9-14-5-3-6-15(14)11-16/h4,7-12H,3,5-6,13H2,1-2H3,(H,21,23). The molecule has 1 aliphatic rings. The van der Waals surface area contributed by atoms with E-state index in [2.05, 4.69) is 5.32 Å². The Balaban J connectivity index is 1.59. The fraction of sp³-hybridized carbons (Fsp3) is 0.300. The van der Waals surface area contributed by atoms with Crippen LogP contribution in [-0.2, 0) is 32.4 Å². The maximum Gasteiger partial charge on any atom is 0.338 e. The van der Waals surface area contributed by atoms with Crippen molar-refractivity contribution in [1.29, 1.82) is 0 Å². The molecule has 2 aromatic carbocycles. The van der Waals surface area contributed by atoms with Crippen molar-refractivity contribution in [1.82, 2.24) is 4.31 Å². The summed E-state index contributed by atoms with van der Waals surface area (Å²) in [4.78, 5) is 24.3. The zero-order valence-corrected chi connectivity index (χ0v) is 16.6. The summed E-state index contributed by atoms with van der Waals surface area (Å²) in [6, 6.07) is 11.3. The van der Waals surface area contributed by atoms with Crippen LogP contribution < -0.4 is 5.32 Å². The van der Waals surface area contributed by atoms with Gasteiger partial charge in [0.15, 0.2) is 6.61 Å². The van der Waals surface area contributed by atoms with Gasteiger partial charge in [-0.2, -0.15) is 0 Å². The molecule has 8 heteroatoms. The van der Waals surface area contributed by atoms with Gasteiger partial charge in [-0.3, -0.25) is 4.79 Å². The highest BCUT2D eigenvalue weighted by Gasteiger charge is 2.18. The van der Waals surface area contributed by atoms with Crippen molar-refractivity contribution in [2.24, 2.45) is 0 Å². The summed E-state index contributed by atoms with van der Waals surface area (Å²) >= 11 is 0. The molecule has 1 N–H and O–H groups in total. The highest BCUT2D eigenvalue weighted by molar-refractivity contribution is 7.89. The topological polar surface area (TPSA) is 92.8 Å². The van der Waals surface area contributed by atoms with Crippen LogP contribution in [0.5, 0.6) is 0 Å². The molecule has 0 radical (unpaired) electrons. The number of ether oxygens (including phenoxy) is 1. The number of benzene rings is 2. The molecule has 28 heavy (non-hydrogen) atoms. The molecule has 0 spiro atoms. The van der Waals surface area contributed by atoms with Gasteiger partial charge >= 0.3 is 5.97 Å². The van der Waals surface area contributed by atoms with Crippen LogP contribution in [0.1, 0.15) is 27.9 Å². The van der Waals surface area contributed by atoms with Gasteiger partial charge in [0.25, 0.3) is 5.91 Å². The highest BCUT2D eigenvalue weighted by Crippen LogP contribution is 2.23. The first kappa shape index (κ1) is 20.0. The number of amides is 1. The van der Waals surface area contributed by atoms with Gasteiger partial charge in [0.05, 0.1) is 10.5 Å². The number of anilines is 1. The summed E-state index contributed by atoms with van der Waals surface area (Å²) in [5, 5.41) is 2.54. The fourth-order valence-corrected chi connectivity index (χ4v) is 4.00. The van der Waals surface area contributed by atoms with Crippen LogP contribution in [-0.4, -0.2) is 45.3 Å². The quantitative estimate of drug-likeness (QED) is 0.748. The van der Waals surface area contributed by atoms with E-state index >= 15 is 0 Å². The average Bonchev–Trinajstić information content (AvgIpc) is 3.14. The molecule has 0 atom stereocenters. The molecule has 2 aromatic rings. The molecule has 0 fully saturated rings. The lowest BCUT2D eigenvalue weighted by atomic mass is 10.1. The zero-order valence-electron chi connectivity index (χ0n) is 15.8. The lowest BCUT2D eigenvalue weighted by Crippen LogP contribution is -2.23. The second kappa shape index (κ2) is 8.12. The second-order valence-corrected chi connectivity index (χ2v) is 8.93. The molecule has 0 saturated heterocycles. The van der Waals surface area contributed by atoms with Crippen LogP contribution in [0.25, 0.3) is 0 Å². The predicted molar refractivity (Wildman–Crippen MR) is 105 cm³/mol. The summed E-state index contributed by atoms with van der Waals surface area (Å²) in [5.74, 6) is -1.11. The van der Waals surface area contributed by atoms with Gasteiger partial charge in [0.2, 0.25) is 10.0 Å². The van der Waals surface area contributed by atoms with Crippen molar-refractivity contribution >= 4 is 27.6 Å². The van der Waals surface area contributed by atoms with Gasteiger partial charge < -0.3 is 10.1 Å². The van der Waals surface area contributed by atoms with Crippen LogP contribution in [0.3, 0.4) is 0 Å². The van der Waals surface area contributed by atoms with Crippen molar-refractivity contribution in [3.63, 3.8) is 0 Å². The normalized spacial score (nSPS) is 13.2. The Labute approximate surface area is 164 Å². The number of esters is 1. The Hall–Kier alpha value is -2.71. The molecule has 0 aliphatic heterocycles. The third kappa shape index (κ3) is 4.40. The van der Waals surface area contributed by atoms with Crippen LogP contribution in [0.2, 0.25) is 0 Å². The summed E-state index contributed by atoms with van der Waals surface area (Å²) in [6.45, 7) is -0.458. The van der Waals surface area contributed by atoms with Crippen molar-refractivity contribution in [3.8, 4) is 0 Å². The Morgan fingerprint density at radius 2 is 1.82 bits per heavy atom. The lowest BCUT2D eigenvalue weighted by molar-refractivity contribution is -0.119. The van der Waals surface area contributed by atoms with Crippen molar-refractivity contribution < 1.29 is 22.7 Å². The van der Waals surface area contributed by atoms with E-state index in [1.807, 2.05) is 12.1 Å². The average molecular weight is 402 g/mol. The number of fused-ring (bicyclic) bond motifs is 1. The van der Waals surface area contributed by atoms with Gasteiger partial charge in [0, 0.05) is 19.8 Å². The number of aryl methyl sites for hydroxylation is 2. The molecule has 0 saturated carbocycles. The Bertz CT molecular complexity index is 1020. The first-order valence-electron chi connectivity index (χ1n) is 8.89. The minimum atomic E-state index is -3.61. The highest BCUT2D eigenvalue weighted by atomic mass is 32.2. The summed E-state index contributed by atoms with van der Waals surface area (Å²) in [6.07, 6.45) is 3.05. The maximum atomic E-state index is 12.2. The molecule has 1 amide bonds. The van der Waals surface area contributed by atoms with Crippen LogP contribution in [0.15, 0.2) is 47.4 Å². The number of nitrogens with one attached hydrogen (secondary N) is 1. The van der Waals surface area contributed by atoms with E-state index in [-0.39, 0.29) is 4.90 Å². The van der Waals surface area contributed by atoms with Crippen LogP contribution in [0, 0.1) is 0 Å². The first-order chi connectivity index (χ1) is 13.3. The molecule has 0 unspecified atom stereocenters. The summed E-state index contributed by atoms with van der Waals surface area (Å²) in [7, 11) is -0.746. The van der Waals surface area contributed by atoms with Gasteiger partial charge in [0.1, 0.15) is 0 Å². The molecule has 7 nitrogen and oxygen atoms in total. The van der Waals surface area contributed by atoms with E-state index in [1.54, 1.807) is 12.1 Å².